The first-order valence-electron chi connectivity index (χ1n) is 7.15. The third kappa shape index (κ3) is 3.28. The molecule has 0 aromatic heterocycles. The van der Waals surface area contributed by atoms with Crippen LogP contribution in [0.15, 0.2) is 23.1 Å². The summed E-state index contributed by atoms with van der Waals surface area (Å²) in [4.78, 5) is 14.5. The van der Waals surface area contributed by atoms with E-state index < -0.39 is 9.84 Å². The second kappa shape index (κ2) is 6.38. The molecule has 3 rings (SSSR count). The Morgan fingerprint density at radius 1 is 1.46 bits per heavy atom. The first-order valence-corrected chi connectivity index (χ1v) is 10.2. The number of amides is 1. The lowest BCUT2D eigenvalue weighted by atomic mass is 10.1. The number of hydrogen-bond donors (Lipinski definition) is 1. The van der Waals surface area contributed by atoms with Gasteiger partial charge in [0.05, 0.1) is 29.6 Å². The fourth-order valence-electron chi connectivity index (χ4n) is 2.71. The number of phenolic OH excluding ortho intramolecular Hbond substituents is 1. The van der Waals surface area contributed by atoms with Crippen LogP contribution in [0.5, 0.6) is 11.5 Å². The fourth-order valence-corrected chi connectivity index (χ4v) is 5.81. The predicted octanol–water partition coefficient (Wildman–Crippen LogP) is 1.79. The summed E-state index contributed by atoms with van der Waals surface area (Å²) in [6, 6.07) is 4.36. The quantitative estimate of drug-likeness (QED) is 0.627. The van der Waals surface area contributed by atoms with Crippen LogP contribution in [0.4, 0.5) is 0 Å². The molecule has 9 heteroatoms. The van der Waals surface area contributed by atoms with Gasteiger partial charge in [-0.2, -0.15) is 0 Å². The van der Waals surface area contributed by atoms with Crippen molar-refractivity contribution in [1.82, 2.24) is 4.90 Å². The average molecular weight is 385 g/mol. The lowest BCUT2D eigenvalue weighted by Gasteiger charge is -2.20. The van der Waals surface area contributed by atoms with Crippen LogP contribution < -0.4 is 4.74 Å². The Labute approximate surface area is 149 Å². The molecule has 2 heterocycles. The van der Waals surface area contributed by atoms with Crippen LogP contribution in [0.3, 0.4) is 0 Å². The van der Waals surface area contributed by atoms with Gasteiger partial charge in [0.25, 0.3) is 5.91 Å². The van der Waals surface area contributed by atoms with Crippen molar-refractivity contribution in [2.75, 3.05) is 18.6 Å². The van der Waals surface area contributed by atoms with Crippen molar-refractivity contribution >= 4 is 50.1 Å². The highest BCUT2D eigenvalue weighted by atomic mass is 32.2. The van der Waals surface area contributed by atoms with Crippen LogP contribution in [-0.4, -0.2) is 53.3 Å². The minimum atomic E-state index is -3.10. The molecular weight excluding hydrogens is 370 g/mol. The fraction of sp³-hybridized carbons (Fsp3) is 0.333. The molecule has 6 nitrogen and oxygen atoms in total. The summed E-state index contributed by atoms with van der Waals surface area (Å²) in [5.41, 5.74) is 0.684. The van der Waals surface area contributed by atoms with Crippen molar-refractivity contribution in [3.8, 4) is 11.5 Å². The Morgan fingerprint density at radius 3 is 2.83 bits per heavy atom. The van der Waals surface area contributed by atoms with E-state index in [1.165, 1.54) is 18.1 Å². The Bertz CT molecular complexity index is 847. The number of aromatic hydroxyl groups is 1. The van der Waals surface area contributed by atoms with Gasteiger partial charge in [-0.05, 0) is 30.2 Å². The van der Waals surface area contributed by atoms with Crippen molar-refractivity contribution in [3.63, 3.8) is 0 Å². The number of carbonyl (C=O) groups excluding carboxylic acids is 1. The maximum absolute atomic E-state index is 12.6. The summed E-state index contributed by atoms with van der Waals surface area (Å²) in [7, 11) is -1.65. The van der Waals surface area contributed by atoms with Crippen molar-refractivity contribution in [2.45, 2.75) is 12.5 Å². The number of rotatable bonds is 3. The summed E-state index contributed by atoms with van der Waals surface area (Å²) in [6.07, 6.45) is 2.07. The predicted molar refractivity (Wildman–Crippen MR) is 96.7 cm³/mol. The zero-order valence-corrected chi connectivity index (χ0v) is 15.2. The van der Waals surface area contributed by atoms with Gasteiger partial charge in [-0.3, -0.25) is 9.69 Å². The second-order valence-corrected chi connectivity index (χ2v) is 9.44. The van der Waals surface area contributed by atoms with Crippen LogP contribution in [-0.2, 0) is 14.6 Å². The average Bonchev–Trinajstić information content (AvgIpc) is 3.00. The topological polar surface area (TPSA) is 83.9 Å². The van der Waals surface area contributed by atoms with Crippen LogP contribution in [0.25, 0.3) is 6.08 Å². The number of methoxy groups -OCH3 is 1. The van der Waals surface area contributed by atoms with Gasteiger partial charge in [-0.25, -0.2) is 8.42 Å². The summed E-state index contributed by atoms with van der Waals surface area (Å²) < 4.78 is 28.7. The number of thioether (sulfide) groups is 1. The van der Waals surface area contributed by atoms with Gasteiger partial charge >= 0.3 is 0 Å². The number of sulfone groups is 1. The molecule has 1 aromatic rings. The molecule has 128 valence electrons. The molecule has 0 saturated carbocycles. The largest absolute Gasteiger partial charge is 0.504 e. The van der Waals surface area contributed by atoms with E-state index in [9.17, 15) is 18.3 Å². The van der Waals surface area contributed by atoms with Gasteiger partial charge in [-0.15, -0.1) is 0 Å². The highest BCUT2D eigenvalue weighted by Crippen LogP contribution is 2.37. The molecular formula is C15H15NO5S3. The van der Waals surface area contributed by atoms with Crippen LogP contribution in [0.2, 0.25) is 0 Å². The Hall–Kier alpha value is -1.58. The molecule has 1 amide bonds. The lowest BCUT2D eigenvalue weighted by molar-refractivity contribution is -0.123. The molecule has 2 aliphatic rings. The summed E-state index contributed by atoms with van der Waals surface area (Å²) >= 11 is 6.41. The monoisotopic (exact) mass is 385 g/mol. The van der Waals surface area contributed by atoms with E-state index in [4.69, 9.17) is 17.0 Å². The van der Waals surface area contributed by atoms with Gasteiger partial charge in [0.2, 0.25) is 0 Å². The van der Waals surface area contributed by atoms with E-state index in [-0.39, 0.29) is 29.2 Å². The summed E-state index contributed by atoms with van der Waals surface area (Å²) in [5, 5.41) is 9.62. The highest BCUT2D eigenvalue weighted by molar-refractivity contribution is 8.26. The lowest BCUT2D eigenvalue weighted by Crippen LogP contribution is -2.39. The summed E-state index contributed by atoms with van der Waals surface area (Å²) in [6.45, 7) is 0. The first kappa shape index (κ1) is 17.2. The number of nitrogens with zero attached hydrogens (tertiary/aromatic N) is 1. The van der Waals surface area contributed by atoms with E-state index in [0.29, 0.717) is 27.0 Å². The van der Waals surface area contributed by atoms with Crippen molar-refractivity contribution < 1.29 is 23.1 Å². The van der Waals surface area contributed by atoms with Crippen molar-refractivity contribution in [1.29, 1.82) is 0 Å². The molecule has 2 fully saturated rings. The first-order chi connectivity index (χ1) is 11.3. The Morgan fingerprint density at radius 2 is 2.21 bits per heavy atom. The van der Waals surface area contributed by atoms with E-state index in [0.717, 1.165) is 11.8 Å². The van der Waals surface area contributed by atoms with Crippen LogP contribution >= 0.6 is 24.0 Å². The molecule has 24 heavy (non-hydrogen) atoms. The number of carbonyl (C=O) groups is 1. The Balaban J connectivity index is 1.86. The third-order valence-corrected chi connectivity index (χ3v) is 6.98. The molecule has 0 aliphatic carbocycles. The Kier molecular flexibility index (Phi) is 4.58. The van der Waals surface area contributed by atoms with Gasteiger partial charge in [0.15, 0.2) is 21.3 Å². The van der Waals surface area contributed by atoms with E-state index >= 15 is 0 Å². The molecule has 2 saturated heterocycles. The molecule has 0 radical (unpaired) electrons. The smallest absolute Gasteiger partial charge is 0.266 e. The molecule has 2 aliphatic heterocycles. The van der Waals surface area contributed by atoms with Gasteiger partial charge in [-0.1, -0.05) is 30.0 Å². The molecule has 1 aromatic carbocycles. The van der Waals surface area contributed by atoms with E-state index in [2.05, 4.69) is 0 Å². The zero-order chi connectivity index (χ0) is 17.5. The maximum atomic E-state index is 12.6. The molecule has 0 spiro atoms. The normalized spacial score (nSPS) is 24.8. The van der Waals surface area contributed by atoms with Gasteiger partial charge < -0.3 is 9.84 Å². The van der Waals surface area contributed by atoms with Gasteiger partial charge in [0.1, 0.15) is 4.32 Å². The van der Waals surface area contributed by atoms with Crippen molar-refractivity contribution in [3.05, 3.63) is 28.7 Å². The highest BCUT2D eigenvalue weighted by Gasteiger charge is 2.42. The molecule has 1 unspecified atom stereocenters. The molecule has 1 N–H and O–H groups in total. The number of phenols is 1. The zero-order valence-electron chi connectivity index (χ0n) is 12.8. The van der Waals surface area contributed by atoms with Crippen molar-refractivity contribution in [2.24, 2.45) is 0 Å². The second-order valence-electron chi connectivity index (χ2n) is 5.54. The van der Waals surface area contributed by atoms with Crippen LogP contribution in [0.1, 0.15) is 12.0 Å². The number of ether oxygens (including phenoxy) is 1. The van der Waals surface area contributed by atoms with Gasteiger partial charge in [0, 0.05) is 0 Å². The number of benzene rings is 1. The third-order valence-electron chi connectivity index (χ3n) is 3.90. The minimum absolute atomic E-state index is 0.0124. The standard InChI is InChI=1S/C15H15NO5S3/c1-21-12-6-9(2-3-11(12)17)7-13-14(18)16(15(22)23-13)10-4-5-24(19,20)8-10/h2-3,6-7,10,17H,4-5,8H2,1H3. The van der Waals surface area contributed by atoms with E-state index in [1.807, 2.05) is 0 Å². The maximum Gasteiger partial charge on any atom is 0.266 e. The minimum Gasteiger partial charge on any atom is -0.504 e. The number of thiocarbonyl (C=S) groups is 1. The number of hydrogen-bond acceptors (Lipinski definition) is 7. The van der Waals surface area contributed by atoms with Crippen LogP contribution in [0, 0.1) is 0 Å². The molecule has 0 bridgehead atoms. The SMILES string of the molecule is COc1cc(C=C2SC(=S)N(C3CCS(=O)(=O)C3)C2=O)ccc1O. The van der Waals surface area contributed by atoms with E-state index in [1.54, 1.807) is 18.2 Å². The summed E-state index contributed by atoms with van der Waals surface area (Å²) in [5.74, 6) is 0.0847. The molecule has 1 atom stereocenters.